The number of carbonyl (C=O) groups is 1. The third-order valence-corrected chi connectivity index (χ3v) is 5.45. The highest BCUT2D eigenvalue weighted by Gasteiger charge is 2.35. The molecule has 1 fully saturated rings. The number of nitrogens with one attached hydrogen (secondary N) is 2. The van der Waals surface area contributed by atoms with Crippen LogP contribution < -0.4 is 5.32 Å². The zero-order valence-electron chi connectivity index (χ0n) is 15.4. The second-order valence-electron chi connectivity index (χ2n) is 7.12. The Bertz CT molecular complexity index is 957. The monoisotopic (exact) mass is 364 g/mol. The average Bonchev–Trinajstić information content (AvgIpc) is 3.11. The maximum absolute atomic E-state index is 12.6. The molecule has 1 saturated heterocycles. The van der Waals surface area contributed by atoms with E-state index in [1.807, 2.05) is 36.4 Å². The molecular formula is C21H24N4O2. The van der Waals surface area contributed by atoms with Gasteiger partial charge in [0.15, 0.2) is 5.82 Å². The number of urea groups is 1. The number of para-hydroxylation sites is 1. The number of anilines is 1. The minimum absolute atomic E-state index is 0.184. The van der Waals surface area contributed by atoms with Crippen molar-refractivity contribution in [3.8, 4) is 0 Å². The SMILES string of the molecule is CCc1cccc(C2(O)CCN(C(=O)Nc3n[nH]c4ccccc34)CC2)c1. The number of likely N-dealkylation sites (tertiary alicyclic amines) is 1. The van der Waals surface area contributed by atoms with Gasteiger partial charge in [-0.1, -0.05) is 43.3 Å². The predicted molar refractivity (Wildman–Crippen MR) is 106 cm³/mol. The van der Waals surface area contributed by atoms with Gasteiger partial charge in [0.1, 0.15) is 0 Å². The predicted octanol–water partition coefficient (Wildman–Crippen LogP) is 3.64. The number of nitrogens with zero attached hydrogens (tertiary/aromatic N) is 2. The molecule has 0 unspecified atom stereocenters. The number of rotatable bonds is 3. The molecule has 0 spiro atoms. The first-order valence-electron chi connectivity index (χ1n) is 9.40. The number of hydrogen-bond donors (Lipinski definition) is 3. The van der Waals surface area contributed by atoms with Crippen LogP contribution in [0.1, 0.15) is 30.9 Å². The van der Waals surface area contributed by atoms with E-state index < -0.39 is 5.60 Å². The summed E-state index contributed by atoms with van der Waals surface area (Å²) in [6.45, 7) is 3.11. The van der Waals surface area contributed by atoms with Gasteiger partial charge in [-0.05, 0) is 42.5 Å². The van der Waals surface area contributed by atoms with Crippen molar-refractivity contribution in [3.63, 3.8) is 0 Å². The second-order valence-corrected chi connectivity index (χ2v) is 7.12. The molecule has 1 aromatic heterocycles. The number of hydrogen-bond acceptors (Lipinski definition) is 3. The van der Waals surface area contributed by atoms with Crippen LogP contribution in [0.2, 0.25) is 0 Å². The number of fused-ring (bicyclic) bond motifs is 1. The van der Waals surface area contributed by atoms with Crippen molar-refractivity contribution in [1.82, 2.24) is 15.1 Å². The molecule has 3 aromatic rings. The van der Waals surface area contributed by atoms with Gasteiger partial charge in [0.05, 0.1) is 11.1 Å². The lowest BCUT2D eigenvalue weighted by atomic mass is 9.83. The average molecular weight is 364 g/mol. The summed E-state index contributed by atoms with van der Waals surface area (Å²) in [7, 11) is 0. The molecule has 27 heavy (non-hydrogen) atoms. The largest absolute Gasteiger partial charge is 0.385 e. The fourth-order valence-corrected chi connectivity index (χ4v) is 3.69. The molecule has 0 saturated carbocycles. The van der Waals surface area contributed by atoms with Crippen LogP contribution in [-0.2, 0) is 12.0 Å². The Morgan fingerprint density at radius 1 is 1.22 bits per heavy atom. The number of aryl methyl sites for hydroxylation is 1. The van der Waals surface area contributed by atoms with E-state index in [-0.39, 0.29) is 6.03 Å². The molecule has 3 N–H and O–H groups in total. The zero-order valence-corrected chi connectivity index (χ0v) is 15.4. The summed E-state index contributed by atoms with van der Waals surface area (Å²) in [5.41, 5.74) is 2.17. The van der Waals surface area contributed by atoms with Gasteiger partial charge in [0.2, 0.25) is 0 Å². The van der Waals surface area contributed by atoms with E-state index in [2.05, 4.69) is 34.6 Å². The van der Waals surface area contributed by atoms with Crippen molar-refractivity contribution in [2.24, 2.45) is 0 Å². The van der Waals surface area contributed by atoms with Crippen LogP contribution in [0.3, 0.4) is 0 Å². The molecule has 1 aliphatic rings. The maximum Gasteiger partial charge on any atom is 0.323 e. The van der Waals surface area contributed by atoms with Crippen LogP contribution in [-0.4, -0.2) is 39.3 Å². The highest BCUT2D eigenvalue weighted by Crippen LogP contribution is 2.33. The Morgan fingerprint density at radius 2 is 2.00 bits per heavy atom. The van der Waals surface area contributed by atoms with Crippen LogP contribution in [0.25, 0.3) is 10.9 Å². The van der Waals surface area contributed by atoms with Crippen molar-refractivity contribution < 1.29 is 9.90 Å². The lowest BCUT2D eigenvalue weighted by Crippen LogP contribution is -2.46. The molecule has 6 nitrogen and oxygen atoms in total. The van der Waals surface area contributed by atoms with Gasteiger partial charge in [-0.25, -0.2) is 4.79 Å². The maximum atomic E-state index is 12.6. The first-order chi connectivity index (χ1) is 13.1. The minimum Gasteiger partial charge on any atom is -0.385 e. The van der Waals surface area contributed by atoms with Gasteiger partial charge >= 0.3 is 6.03 Å². The van der Waals surface area contributed by atoms with E-state index in [0.29, 0.717) is 31.7 Å². The number of amides is 2. The lowest BCUT2D eigenvalue weighted by Gasteiger charge is -2.38. The molecule has 0 radical (unpaired) electrons. The summed E-state index contributed by atoms with van der Waals surface area (Å²) >= 11 is 0. The van der Waals surface area contributed by atoms with Crippen molar-refractivity contribution in [3.05, 3.63) is 59.7 Å². The molecule has 4 rings (SSSR count). The van der Waals surface area contributed by atoms with Crippen LogP contribution in [0.4, 0.5) is 10.6 Å². The third-order valence-electron chi connectivity index (χ3n) is 5.45. The van der Waals surface area contributed by atoms with Crippen LogP contribution in [0.15, 0.2) is 48.5 Å². The normalized spacial score (nSPS) is 16.4. The first kappa shape index (κ1) is 17.5. The Labute approximate surface area is 158 Å². The van der Waals surface area contributed by atoms with Crippen LogP contribution in [0.5, 0.6) is 0 Å². The first-order valence-corrected chi connectivity index (χ1v) is 9.40. The molecule has 0 aliphatic carbocycles. The summed E-state index contributed by atoms with van der Waals surface area (Å²) < 4.78 is 0. The molecule has 0 bridgehead atoms. The topological polar surface area (TPSA) is 81.2 Å². The second kappa shape index (κ2) is 7.04. The van der Waals surface area contributed by atoms with Crippen molar-refractivity contribution in [2.75, 3.05) is 18.4 Å². The standard InChI is InChI=1S/C21H24N4O2/c1-2-15-6-5-7-16(14-15)21(27)10-12-25(13-11-21)20(26)22-19-17-8-3-4-9-18(17)23-24-19/h3-9,14,27H,2,10-13H2,1H3,(H2,22,23,24,26). The van der Waals surface area contributed by atoms with Gasteiger partial charge in [-0.15, -0.1) is 0 Å². The smallest absolute Gasteiger partial charge is 0.323 e. The summed E-state index contributed by atoms with van der Waals surface area (Å²) in [6, 6.07) is 15.6. The Morgan fingerprint density at radius 3 is 2.78 bits per heavy atom. The van der Waals surface area contributed by atoms with Gasteiger partial charge in [0.25, 0.3) is 0 Å². The van der Waals surface area contributed by atoms with Gasteiger partial charge in [-0.2, -0.15) is 5.10 Å². The van der Waals surface area contributed by atoms with Crippen LogP contribution >= 0.6 is 0 Å². The van der Waals surface area contributed by atoms with Gasteiger partial charge < -0.3 is 10.0 Å². The molecule has 2 heterocycles. The zero-order chi connectivity index (χ0) is 18.9. The molecule has 1 aliphatic heterocycles. The third kappa shape index (κ3) is 3.40. The molecular weight excluding hydrogens is 340 g/mol. The minimum atomic E-state index is -0.874. The number of piperidine rings is 1. The Kier molecular flexibility index (Phi) is 4.58. The molecule has 6 heteroatoms. The summed E-state index contributed by atoms with van der Waals surface area (Å²) in [6.07, 6.45) is 1.99. The number of aromatic amines is 1. The number of carbonyl (C=O) groups excluding carboxylic acids is 1. The Balaban J connectivity index is 1.43. The number of benzene rings is 2. The molecule has 2 amide bonds. The van der Waals surface area contributed by atoms with E-state index in [4.69, 9.17) is 0 Å². The lowest BCUT2D eigenvalue weighted by molar-refractivity contribution is -0.0157. The van der Waals surface area contributed by atoms with Gasteiger partial charge in [0, 0.05) is 18.5 Å². The molecule has 2 aromatic carbocycles. The summed E-state index contributed by atoms with van der Waals surface area (Å²) in [4.78, 5) is 14.4. The fourth-order valence-electron chi connectivity index (χ4n) is 3.69. The highest BCUT2D eigenvalue weighted by atomic mass is 16.3. The van der Waals surface area contributed by atoms with Crippen LogP contribution in [0, 0.1) is 0 Å². The molecule has 140 valence electrons. The van der Waals surface area contributed by atoms with E-state index in [9.17, 15) is 9.90 Å². The van der Waals surface area contributed by atoms with E-state index in [1.54, 1.807) is 4.90 Å². The highest BCUT2D eigenvalue weighted by molar-refractivity contribution is 5.98. The summed E-state index contributed by atoms with van der Waals surface area (Å²) in [5.74, 6) is 0.534. The molecule has 0 atom stereocenters. The van der Waals surface area contributed by atoms with Crippen molar-refractivity contribution in [1.29, 1.82) is 0 Å². The van der Waals surface area contributed by atoms with Crippen molar-refractivity contribution >= 4 is 22.8 Å². The fraction of sp³-hybridized carbons (Fsp3) is 0.333. The number of aromatic nitrogens is 2. The quantitative estimate of drug-likeness (QED) is 0.664. The van der Waals surface area contributed by atoms with E-state index >= 15 is 0 Å². The number of aliphatic hydroxyl groups is 1. The van der Waals surface area contributed by atoms with Gasteiger partial charge in [-0.3, -0.25) is 10.4 Å². The Hall–Kier alpha value is -2.86. The van der Waals surface area contributed by atoms with Crippen molar-refractivity contribution in [2.45, 2.75) is 31.8 Å². The summed E-state index contributed by atoms with van der Waals surface area (Å²) in [5, 5.41) is 22.0. The van der Waals surface area contributed by atoms with E-state index in [1.165, 1.54) is 5.56 Å². The number of H-pyrrole nitrogens is 1. The van der Waals surface area contributed by atoms with E-state index in [0.717, 1.165) is 22.9 Å².